The van der Waals surface area contributed by atoms with Crippen molar-refractivity contribution in [3.8, 4) is 0 Å². The highest BCUT2D eigenvalue weighted by Gasteiger charge is 2.05. The Hall–Kier alpha value is -2.69. The average molecular weight is 266 g/mol. The molecule has 0 aliphatic carbocycles. The van der Waals surface area contributed by atoms with Crippen LogP contribution in [0.2, 0.25) is 0 Å². The third kappa shape index (κ3) is 2.25. The molecule has 0 saturated carbocycles. The summed E-state index contributed by atoms with van der Waals surface area (Å²) >= 11 is 0. The number of hydrogen-bond acceptors (Lipinski definition) is 4. The fourth-order valence-electron chi connectivity index (χ4n) is 2.16. The first-order chi connectivity index (χ1) is 9.75. The molecule has 0 amide bonds. The molecule has 20 heavy (non-hydrogen) atoms. The van der Waals surface area contributed by atoms with E-state index >= 15 is 0 Å². The molecule has 0 aliphatic rings. The second-order valence-electron chi connectivity index (χ2n) is 4.58. The van der Waals surface area contributed by atoms with Crippen LogP contribution in [-0.2, 0) is 13.0 Å². The number of nitrogens with two attached hydrogens (primary N) is 1. The minimum atomic E-state index is -0.120. The molecule has 2 aromatic carbocycles. The number of aromatic nitrogens is 3. The van der Waals surface area contributed by atoms with Crippen molar-refractivity contribution in [3.05, 3.63) is 64.4 Å². The van der Waals surface area contributed by atoms with Gasteiger partial charge in [0.15, 0.2) is 0 Å². The van der Waals surface area contributed by atoms with Crippen LogP contribution < -0.4 is 11.3 Å². The van der Waals surface area contributed by atoms with E-state index in [9.17, 15) is 4.79 Å². The molecule has 3 rings (SSSR count). The van der Waals surface area contributed by atoms with Crippen LogP contribution in [0.5, 0.6) is 0 Å². The van der Waals surface area contributed by atoms with Crippen LogP contribution in [0.3, 0.4) is 0 Å². The van der Waals surface area contributed by atoms with E-state index in [-0.39, 0.29) is 5.56 Å². The van der Waals surface area contributed by atoms with Crippen LogP contribution in [0, 0.1) is 0 Å². The Morgan fingerprint density at radius 1 is 1.05 bits per heavy atom. The van der Waals surface area contributed by atoms with Gasteiger partial charge in [0.05, 0.1) is 11.9 Å². The number of aryl methyl sites for hydroxylation is 2. The standard InChI is InChI=1S/C15H14N4O/c16-13-7-3-1-5-11(13)9-10-19-15(20)12-6-2-4-8-14(12)17-18-19/h1-8H,9-10,16H2. The van der Waals surface area contributed by atoms with Gasteiger partial charge in [-0.05, 0) is 30.2 Å². The summed E-state index contributed by atoms with van der Waals surface area (Å²) in [6.45, 7) is 0.463. The Morgan fingerprint density at radius 3 is 2.65 bits per heavy atom. The van der Waals surface area contributed by atoms with Gasteiger partial charge in [-0.15, -0.1) is 5.10 Å². The summed E-state index contributed by atoms with van der Waals surface area (Å²) in [5.41, 5.74) is 8.13. The first kappa shape index (κ1) is 12.3. The molecule has 0 atom stereocenters. The number of benzene rings is 2. The maximum atomic E-state index is 12.3. The van der Waals surface area contributed by atoms with Gasteiger partial charge in [-0.2, -0.15) is 0 Å². The van der Waals surface area contributed by atoms with Crippen LogP contribution in [0.15, 0.2) is 53.3 Å². The number of para-hydroxylation sites is 1. The fraction of sp³-hybridized carbons (Fsp3) is 0.133. The van der Waals surface area contributed by atoms with Crippen molar-refractivity contribution < 1.29 is 0 Å². The molecule has 0 aliphatic heterocycles. The Labute approximate surface area is 115 Å². The molecule has 0 spiro atoms. The third-order valence-electron chi connectivity index (χ3n) is 3.28. The van der Waals surface area contributed by atoms with E-state index in [1.54, 1.807) is 12.1 Å². The first-order valence-electron chi connectivity index (χ1n) is 6.41. The van der Waals surface area contributed by atoms with Crippen molar-refractivity contribution >= 4 is 16.6 Å². The van der Waals surface area contributed by atoms with Gasteiger partial charge in [0.2, 0.25) is 0 Å². The Balaban J connectivity index is 1.90. The normalized spacial score (nSPS) is 10.8. The van der Waals surface area contributed by atoms with E-state index in [4.69, 9.17) is 5.73 Å². The molecular weight excluding hydrogens is 252 g/mol. The fourth-order valence-corrected chi connectivity index (χ4v) is 2.16. The number of fused-ring (bicyclic) bond motifs is 1. The SMILES string of the molecule is Nc1ccccc1CCn1nnc2ccccc2c1=O. The smallest absolute Gasteiger partial charge is 0.277 e. The molecule has 0 unspecified atom stereocenters. The van der Waals surface area contributed by atoms with Crippen LogP contribution in [-0.4, -0.2) is 15.0 Å². The van der Waals surface area contributed by atoms with Gasteiger partial charge in [0, 0.05) is 5.69 Å². The van der Waals surface area contributed by atoms with Crippen molar-refractivity contribution in [3.63, 3.8) is 0 Å². The monoisotopic (exact) mass is 266 g/mol. The lowest BCUT2D eigenvalue weighted by Gasteiger charge is -2.07. The Morgan fingerprint density at radius 2 is 1.80 bits per heavy atom. The van der Waals surface area contributed by atoms with E-state index < -0.39 is 0 Å². The van der Waals surface area contributed by atoms with Gasteiger partial charge < -0.3 is 5.73 Å². The number of hydrogen-bond donors (Lipinski definition) is 1. The average Bonchev–Trinajstić information content (AvgIpc) is 2.48. The van der Waals surface area contributed by atoms with Crippen molar-refractivity contribution in [2.75, 3.05) is 5.73 Å². The summed E-state index contributed by atoms with van der Waals surface area (Å²) in [4.78, 5) is 12.3. The van der Waals surface area contributed by atoms with Crippen molar-refractivity contribution in [1.82, 2.24) is 15.0 Å². The number of nitrogens with zero attached hydrogens (tertiary/aromatic N) is 3. The summed E-state index contributed by atoms with van der Waals surface area (Å²) in [6, 6.07) is 14.8. The lowest BCUT2D eigenvalue weighted by molar-refractivity contribution is 0.550. The van der Waals surface area contributed by atoms with Crippen LogP contribution in [0.4, 0.5) is 5.69 Å². The van der Waals surface area contributed by atoms with Gasteiger partial charge in [-0.25, -0.2) is 4.68 Å². The minimum Gasteiger partial charge on any atom is -0.399 e. The summed E-state index contributed by atoms with van der Waals surface area (Å²) in [5.74, 6) is 0. The molecule has 0 saturated heterocycles. The summed E-state index contributed by atoms with van der Waals surface area (Å²) in [5, 5.41) is 8.61. The Bertz CT molecular complexity index is 810. The minimum absolute atomic E-state index is 0.120. The molecule has 5 nitrogen and oxygen atoms in total. The van der Waals surface area contributed by atoms with E-state index in [0.29, 0.717) is 23.9 Å². The van der Waals surface area contributed by atoms with E-state index in [2.05, 4.69) is 10.3 Å². The quantitative estimate of drug-likeness (QED) is 0.731. The Kier molecular flexibility index (Phi) is 3.16. The molecule has 0 fully saturated rings. The summed E-state index contributed by atoms with van der Waals surface area (Å²) < 4.78 is 1.38. The van der Waals surface area contributed by atoms with E-state index in [1.165, 1.54) is 4.68 Å². The maximum Gasteiger partial charge on any atom is 0.277 e. The number of anilines is 1. The second kappa shape index (κ2) is 5.13. The van der Waals surface area contributed by atoms with Crippen molar-refractivity contribution in [2.45, 2.75) is 13.0 Å². The second-order valence-corrected chi connectivity index (χ2v) is 4.58. The maximum absolute atomic E-state index is 12.3. The predicted molar refractivity (Wildman–Crippen MR) is 78.4 cm³/mol. The van der Waals surface area contributed by atoms with E-state index in [0.717, 1.165) is 11.3 Å². The van der Waals surface area contributed by atoms with Gasteiger partial charge in [0.25, 0.3) is 5.56 Å². The van der Waals surface area contributed by atoms with Crippen LogP contribution >= 0.6 is 0 Å². The number of nitrogen functional groups attached to an aromatic ring is 1. The van der Waals surface area contributed by atoms with E-state index in [1.807, 2.05) is 36.4 Å². The van der Waals surface area contributed by atoms with Crippen molar-refractivity contribution in [2.24, 2.45) is 0 Å². The lowest BCUT2D eigenvalue weighted by Crippen LogP contribution is -2.25. The van der Waals surface area contributed by atoms with Crippen molar-refractivity contribution in [1.29, 1.82) is 0 Å². The zero-order valence-electron chi connectivity index (χ0n) is 10.9. The largest absolute Gasteiger partial charge is 0.399 e. The van der Waals surface area contributed by atoms with Gasteiger partial charge in [0.1, 0.15) is 5.52 Å². The highest BCUT2D eigenvalue weighted by atomic mass is 16.1. The zero-order valence-corrected chi connectivity index (χ0v) is 10.9. The molecule has 2 N–H and O–H groups in total. The van der Waals surface area contributed by atoms with Gasteiger partial charge in [-0.1, -0.05) is 35.5 Å². The topological polar surface area (TPSA) is 73.8 Å². The molecule has 0 bridgehead atoms. The first-order valence-corrected chi connectivity index (χ1v) is 6.41. The zero-order chi connectivity index (χ0) is 13.9. The molecule has 100 valence electrons. The molecular formula is C15H14N4O. The van der Waals surface area contributed by atoms with Gasteiger partial charge in [-0.3, -0.25) is 4.79 Å². The number of rotatable bonds is 3. The summed E-state index contributed by atoms with van der Waals surface area (Å²) in [7, 11) is 0. The molecule has 1 heterocycles. The van der Waals surface area contributed by atoms with Crippen LogP contribution in [0.1, 0.15) is 5.56 Å². The predicted octanol–water partition coefficient (Wildman–Crippen LogP) is 1.62. The van der Waals surface area contributed by atoms with Gasteiger partial charge >= 0.3 is 0 Å². The van der Waals surface area contributed by atoms with Crippen LogP contribution in [0.25, 0.3) is 10.9 Å². The molecule has 3 aromatic rings. The summed E-state index contributed by atoms with van der Waals surface area (Å²) in [6.07, 6.45) is 0.652. The lowest BCUT2D eigenvalue weighted by atomic mass is 10.1. The third-order valence-corrected chi connectivity index (χ3v) is 3.28. The highest BCUT2D eigenvalue weighted by Crippen LogP contribution is 2.11. The highest BCUT2D eigenvalue weighted by molar-refractivity contribution is 5.76. The molecule has 5 heteroatoms. The molecule has 0 radical (unpaired) electrons. The molecule has 1 aromatic heterocycles.